The monoisotopic (exact) mass is 301 g/mol. The number of aliphatic hydroxyl groups excluding tert-OH is 1. The van der Waals surface area contributed by atoms with E-state index in [4.69, 9.17) is 4.74 Å². The highest BCUT2D eigenvalue weighted by molar-refractivity contribution is 7.98. The summed E-state index contributed by atoms with van der Waals surface area (Å²) >= 11 is 1.73. The first kappa shape index (κ1) is 17.3. The van der Waals surface area contributed by atoms with Crippen LogP contribution in [-0.2, 0) is 6.42 Å². The molecule has 0 radical (unpaired) electrons. The van der Waals surface area contributed by atoms with Gasteiger partial charge in [0.05, 0.1) is 0 Å². The summed E-state index contributed by atoms with van der Waals surface area (Å²) in [6, 6.07) is 5.31. The molecule has 0 saturated carbocycles. The van der Waals surface area contributed by atoms with Gasteiger partial charge in [-0.1, -0.05) is 19.9 Å². The summed E-state index contributed by atoms with van der Waals surface area (Å²) in [6.45, 7) is 4.52. The highest BCUT2D eigenvalue weighted by Crippen LogP contribution is 2.19. The van der Waals surface area contributed by atoms with Crippen molar-refractivity contribution in [1.82, 2.24) is 5.32 Å². The van der Waals surface area contributed by atoms with Crippen molar-refractivity contribution < 1.29 is 14.2 Å². The SMILES string of the molecule is CSCCc1ccc(OCC(O)CNC(C)C)c(F)c1. The van der Waals surface area contributed by atoms with Gasteiger partial charge in [0.2, 0.25) is 0 Å². The molecule has 1 atom stereocenters. The van der Waals surface area contributed by atoms with Crippen LogP contribution < -0.4 is 10.1 Å². The number of ether oxygens (including phenoxy) is 1. The second-order valence-electron chi connectivity index (χ2n) is 5.04. The lowest BCUT2D eigenvalue weighted by molar-refractivity contribution is 0.102. The number of aryl methyl sites for hydroxylation is 1. The Labute approximate surface area is 124 Å². The predicted molar refractivity (Wildman–Crippen MR) is 83.1 cm³/mol. The van der Waals surface area contributed by atoms with E-state index in [2.05, 4.69) is 5.32 Å². The zero-order valence-electron chi connectivity index (χ0n) is 12.4. The van der Waals surface area contributed by atoms with Crippen molar-refractivity contribution in [3.05, 3.63) is 29.6 Å². The molecule has 0 aliphatic rings. The third-order valence-corrected chi connectivity index (χ3v) is 3.40. The fourth-order valence-corrected chi connectivity index (χ4v) is 2.09. The van der Waals surface area contributed by atoms with Crippen molar-refractivity contribution in [1.29, 1.82) is 0 Å². The average molecular weight is 301 g/mol. The lowest BCUT2D eigenvalue weighted by atomic mass is 10.1. The molecule has 0 aromatic heterocycles. The number of nitrogens with one attached hydrogen (secondary N) is 1. The number of thioether (sulfide) groups is 1. The van der Waals surface area contributed by atoms with Gasteiger partial charge >= 0.3 is 0 Å². The van der Waals surface area contributed by atoms with Crippen molar-refractivity contribution in [3.63, 3.8) is 0 Å². The Bertz CT molecular complexity index is 401. The van der Waals surface area contributed by atoms with Gasteiger partial charge in [0, 0.05) is 12.6 Å². The van der Waals surface area contributed by atoms with Crippen LogP contribution in [0.5, 0.6) is 5.75 Å². The molecule has 114 valence electrons. The minimum atomic E-state index is -0.645. The van der Waals surface area contributed by atoms with E-state index in [0.717, 1.165) is 17.7 Å². The van der Waals surface area contributed by atoms with E-state index in [1.165, 1.54) is 6.07 Å². The molecule has 0 spiro atoms. The quantitative estimate of drug-likeness (QED) is 0.735. The van der Waals surface area contributed by atoms with Crippen LogP contribution in [0, 0.1) is 5.82 Å². The second-order valence-corrected chi connectivity index (χ2v) is 6.02. The Morgan fingerprint density at radius 3 is 2.75 bits per heavy atom. The minimum absolute atomic E-state index is 0.0841. The smallest absolute Gasteiger partial charge is 0.165 e. The van der Waals surface area contributed by atoms with Crippen molar-refractivity contribution in [2.75, 3.05) is 25.2 Å². The van der Waals surface area contributed by atoms with E-state index < -0.39 is 6.10 Å². The van der Waals surface area contributed by atoms with Crippen molar-refractivity contribution in [2.24, 2.45) is 0 Å². The van der Waals surface area contributed by atoms with Gasteiger partial charge in [0.1, 0.15) is 12.7 Å². The first-order valence-electron chi connectivity index (χ1n) is 6.84. The molecule has 0 heterocycles. The summed E-state index contributed by atoms with van der Waals surface area (Å²) in [6.07, 6.45) is 2.23. The molecule has 0 aliphatic heterocycles. The van der Waals surface area contributed by atoms with Crippen LogP contribution in [0.1, 0.15) is 19.4 Å². The van der Waals surface area contributed by atoms with E-state index in [1.807, 2.05) is 26.2 Å². The topological polar surface area (TPSA) is 41.5 Å². The zero-order chi connectivity index (χ0) is 15.0. The number of halogens is 1. The van der Waals surface area contributed by atoms with Crippen LogP contribution in [0.15, 0.2) is 18.2 Å². The van der Waals surface area contributed by atoms with Gasteiger partial charge < -0.3 is 15.2 Å². The summed E-state index contributed by atoms with van der Waals surface area (Å²) in [7, 11) is 0. The van der Waals surface area contributed by atoms with Crippen molar-refractivity contribution >= 4 is 11.8 Å². The summed E-state index contributed by atoms with van der Waals surface area (Å²) < 4.78 is 19.1. The van der Waals surface area contributed by atoms with Gasteiger partial charge in [-0.05, 0) is 36.1 Å². The lowest BCUT2D eigenvalue weighted by Crippen LogP contribution is -2.35. The molecule has 0 amide bonds. The number of hydrogen-bond acceptors (Lipinski definition) is 4. The highest BCUT2D eigenvalue weighted by Gasteiger charge is 2.09. The van der Waals surface area contributed by atoms with Gasteiger partial charge in [-0.3, -0.25) is 0 Å². The van der Waals surface area contributed by atoms with Crippen molar-refractivity contribution in [3.8, 4) is 5.75 Å². The largest absolute Gasteiger partial charge is 0.488 e. The summed E-state index contributed by atoms with van der Waals surface area (Å²) in [4.78, 5) is 0. The van der Waals surface area contributed by atoms with E-state index in [-0.39, 0.29) is 18.2 Å². The fraction of sp³-hybridized carbons (Fsp3) is 0.600. The van der Waals surface area contributed by atoms with Crippen LogP contribution in [0.25, 0.3) is 0 Å². The van der Waals surface area contributed by atoms with E-state index in [1.54, 1.807) is 17.8 Å². The molecule has 0 bridgehead atoms. The third-order valence-electron chi connectivity index (χ3n) is 2.78. The van der Waals surface area contributed by atoms with E-state index >= 15 is 0 Å². The molecule has 5 heteroatoms. The maximum atomic E-state index is 13.8. The van der Waals surface area contributed by atoms with Crippen LogP contribution in [0.2, 0.25) is 0 Å². The summed E-state index contributed by atoms with van der Waals surface area (Å²) in [5.41, 5.74) is 0.964. The van der Waals surface area contributed by atoms with E-state index in [9.17, 15) is 9.50 Å². The van der Waals surface area contributed by atoms with Crippen LogP contribution >= 0.6 is 11.8 Å². The number of benzene rings is 1. The standard InChI is InChI=1S/C15H24FNO2S/c1-11(2)17-9-13(18)10-19-15-5-4-12(6-7-20-3)8-14(15)16/h4-5,8,11,13,17-18H,6-7,9-10H2,1-3H3. The van der Waals surface area contributed by atoms with Gasteiger partial charge in [-0.15, -0.1) is 0 Å². The maximum absolute atomic E-state index is 13.8. The van der Waals surface area contributed by atoms with Gasteiger partial charge in [0.15, 0.2) is 11.6 Å². The Kier molecular flexibility index (Phi) is 7.95. The molecular weight excluding hydrogens is 277 g/mol. The Hall–Kier alpha value is -0.780. The van der Waals surface area contributed by atoms with Crippen LogP contribution in [-0.4, -0.2) is 42.4 Å². The molecule has 0 saturated heterocycles. The molecule has 0 fully saturated rings. The van der Waals surface area contributed by atoms with Gasteiger partial charge in [-0.25, -0.2) is 4.39 Å². The van der Waals surface area contributed by atoms with Crippen LogP contribution in [0.3, 0.4) is 0 Å². The molecule has 2 N–H and O–H groups in total. The zero-order valence-corrected chi connectivity index (χ0v) is 13.2. The van der Waals surface area contributed by atoms with Gasteiger partial charge in [0.25, 0.3) is 0 Å². The Balaban J connectivity index is 2.43. The predicted octanol–water partition coefficient (Wildman–Crippen LogP) is 2.47. The molecular formula is C15H24FNO2S. The maximum Gasteiger partial charge on any atom is 0.165 e. The lowest BCUT2D eigenvalue weighted by Gasteiger charge is -2.15. The molecule has 0 aliphatic carbocycles. The van der Waals surface area contributed by atoms with Crippen LogP contribution in [0.4, 0.5) is 4.39 Å². The Morgan fingerprint density at radius 1 is 1.40 bits per heavy atom. The summed E-state index contributed by atoms with van der Waals surface area (Å²) in [5, 5.41) is 12.8. The molecule has 20 heavy (non-hydrogen) atoms. The molecule has 1 unspecified atom stereocenters. The number of hydrogen-bond donors (Lipinski definition) is 2. The Morgan fingerprint density at radius 2 is 2.15 bits per heavy atom. The minimum Gasteiger partial charge on any atom is -0.488 e. The number of rotatable bonds is 9. The molecule has 1 aromatic rings. The van der Waals surface area contributed by atoms with Gasteiger partial charge in [-0.2, -0.15) is 11.8 Å². The first-order chi connectivity index (χ1) is 9.52. The summed E-state index contributed by atoms with van der Waals surface area (Å²) in [5.74, 6) is 0.799. The van der Waals surface area contributed by atoms with E-state index in [0.29, 0.717) is 12.6 Å². The molecule has 1 rings (SSSR count). The normalized spacial score (nSPS) is 12.7. The molecule has 3 nitrogen and oxygen atoms in total. The first-order valence-corrected chi connectivity index (χ1v) is 8.24. The highest BCUT2D eigenvalue weighted by atomic mass is 32.2. The second kappa shape index (κ2) is 9.21. The van der Waals surface area contributed by atoms with Crippen molar-refractivity contribution in [2.45, 2.75) is 32.4 Å². The fourth-order valence-electron chi connectivity index (χ4n) is 1.65. The average Bonchev–Trinajstić information content (AvgIpc) is 2.41. The third kappa shape index (κ3) is 6.59. The molecule has 1 aromatic carbocycles. The number of aliphatic hydroxyl groups is 1.